The number of carbonyl (C=O) groups excluding carboxylic acids is 1. The van der Waals surface area contributed by atoms with Gasteiger partial charge in [-0.3, -0.25) is 4.79 Å². The Balaban J connectivity index is 1.80. The van der Waals surface area contributed by atoms with Gasteiger partial charge in [-0.25, -0.2) is 8.42 Å². The van der Waals surface area contributed by atoms with Crippen LogP contribution in [0, 0.1) is 0 Å². The van der Waals surface area contributed by atoms with Gasteiger partial charge in [0, 0.05) is 24.0 Å². The molecule has 6 nitrogen and oxygen atoms in total. The highest BCUT2D eigenvalue weighted by Gasteiger charge is 2.27. The van der Waals surface area contributed by atoms with Crippen molar-refractivity contribution >= 4 is 33.0 Å². The normalized spacial score (nSPS) is 19.8. The van der Waals surface area contributed by atoms with Gasteiger partial charge in [0.15, 0.2) is 9.84 Å². The summed E-state index contributed by atoms with van der Waals surface area (Å²) in [7, 11) is -1.39. The van der Waals surface area contributed by atoms with Gasteiger partial charge in [0.2, 0.25) is 5.91 Å². The summed E-state index contributed by atoms with van der Waals surface area (Å²) in [5.41, 5.74) is 0.517. The molecule has 2 rings (SSSR count). The number of rotatable bonds is 6. The van der Waals surface area contributed by atoms with E-state index in [4.69, 9.17) is 16.3 Å². The van der Waals surface area contributed by atoms with Crippen LogP contribution in [0.5, 0.6) is 5.75 Å². The number of amides is 1. The Kier molecular flexibility index (Phi) is 5.66. The molecular formula is C14H19ClN2O4S. The maximum absolute atomic E-state index is 11.9. The Morgan fingerprint density at radius 3 is 2.86 bits per heavy atom. The van der Waals surface area contributed by atoms with Crippen LogP contribution in [-0.4, -0.2) is 45.5 Å². The van der Waals surface area contributed by atoms with Crippen molar-refractivity contribution in [2.45, 2.75) is 18.9 Å². The lowest BCUT2D eigenvalue weighted by Gasteiger charge is -2.12. The number of carbonyl (C=O) groups is 1. The average Bonchev–Trinajstić information content (AvgIpc) is 2.78. The van der Waals surface area contributed by atoms with Gasteiger partial charge < -0.3 is 15.4 Å². The van der Waals surface area contributed by atoms with E-state index in [1.54, 1.807) is 18.2 Å². The SMILES string of the molecule is COc1ccc(Cl)cc1NC(=O)CCNC1CCS(=O)(=O)C1. The monoisotopic (exact) mass is 346 g/mol. The van der Waals surface area contributed by atoms with E-state index in [-0.39, 0.29) is 29.9 Å². The summed E-state index contributed by atoms with van der Waals surface area (Å²) in [5.74, 6) is 0.717. The molecule has 1 aliphatic heterocycles. The fraction of sp³-hybridized carbons (Fsp3) is 0.500. The van der Waals surface area contributed by atoms with Gasteiger partial charge in [-0.1, -0.05) is 11.6 Å². The molecule has 0 spiro atoms. The predicted molar refractivity (Wildman–Crippen MR) is 86.3 cm³/mol. The van der Waals surface area contributed by atoms with Gasteiger partial charge in [0.25, 0.3) is 0 Å². The number of sulfone groups is 1. The third-order valence-electron chi connectivity index (χ3n) is 3.45. The Morgan fingerprint density at radius 2 is 2.23 bits per heavy atom. The predicted octanol–water partition coefficient (Wildman–Crippen LogP) is 1.45. The van der Waals surface area contributed by atoms with E-state index in [0.717, 1.165) is 0 Å². The standard InChI is InChI=1S/C14H19ClN2O4S/c1-21-13-3-2-10(15)8-12(13)17-14(18)4-6-16-11-5-7-22(19,20)9-11/h2-3,8,11,16H,4-7,9H2,1H3,(H,17,18). The molecule has 0 radical (unpaired) electrons. The maximum atomic E-state index is 11.9. The van der Waals surface area contributed by atoms with Crippen LogP contribution in [0.15, 0.2) is 18.2 Å². The zero-order valence-electron chi connectivity index (χ0n) is 12.3. The largest absolute Gasteiger partial charge is 0.495 e. The third-order valence-corrected chi connectivity index (χ3v) is 5.46. The van der Waals surface area contributed by atoms with Crippen LogP contribution in [0.2, 0.25) is 5.02 Å². The summed E-state index contributed by atoms with van der Waals surface area (Å²) in [5, 5.41) is 6.34. The molecule has 1 aliphatic rings. The number of hydrogen-bond acceptors (Lipinski definition) is 5. The molecule has 22 heavy (non-hydrogen) atoms. The van der Waals surface area contributed by atoms with Gasteiger partial charge in [-0.2, -0.15) is 0 Å². The molecule has 1 aromatic carbocycles. The molecule has 0 aromatic heterocycles. The first-order valence-electron chi connectivity index (χ1n) is 6.97. The fourth-order valence-electron chi connectivity index (χ4n) is 2.34. The first-order chi connectivity index (χ1) is 10.4. The number of ether oxygens (including phenoxy) is 1. The summed E-state index contributed by atoms with van der Waals surface area (Å²) >= 11 is 5.90. The minimum atomic E-state index is -2.90. The second-order valence-electron chi connectivity index (χ2n) is 5.20. The Labute approximate surface area is 135 Å². The van der Waals surface area contributed by atoms with Crippen molar-refractivity contribution in [3.63, 3.8) is 0 Å². The van der Waals surface area contributed by atoms with Crippen LogP contribution >= 0.6 is 11.6 Å². The van der Waals surface area contributed by atoms with E-state index in [2.05, 4.69) is 10.6 Å². The van der Waals surface area contributed by atoms with Crippen LogP contribution in [0.4, 0.5) is 5.69 Å². The van der Waals surface area contributed by atoms with Crippen molar-refractivity contribution < 1.29 is 17.9 Å². The minimum absolute atomic E-state index is 0.0569. The van der Waals surface area contributed by atoms with Crippen molar-refractivity contribution in [1.29, 1.82) is 0 Å². The smallest absolute Gasteiger partial charge is 0.225 e. The van der Waals surface area contributed by atoms with Crippen molar-refractivity contribution in [3.8, 4) is 5.75 Å². The molecule has 0 bridgehead atoms. The van der Waals surface area contributed by atoms with E-state index < -0.39 is 9.84 Å². The zero-order valence-corrected chi connectivity index (χ0v) is 13.8. The average molecular weight is 347 g/mol. The molecule has 0 saturated carbocycles. The lowest BCUT2D eigenvalue weighted by Crippen LogP contribution is -2.32. The molecular weight excluding hydrogens is 328 g/mol. The second kappa shape index (κ2) is 7.30. The number of halogens is 1. The Bertz CT molecular complexity index is 648. The topological polar surface area (TPSA) is 84.5 Å². The second-order valence-corrected chi connectivity index (χ2v) is 7.86. The molecule has 1 aromatic rings. The summed E-state index contributed by atoms with van der Waals surface area (Å²) in [4.78, 5) is 11.9. The van der Waals surface area contributed by atoms with Crippen molar-refractivity contribution in [2.75, 3.05) is 30.5 Å². The van der Waals surface area contributed by atoms with Crippen molar-refractivity contribution in [2.24, 2.45) is 0 Å². The van der Waals surface area contributed by atoms with E-state index in [1.165, 1.54) is 7.11 Å². The zero-order chi connectivity index (χ0) is 16.2. The number of methoxy groups -OCH3 is 1. The molecule has 1 saturated heterocycles. The van der Waals surface area contributed by atoms with Crippen LogP contribution in [-0.2, 0) is 14.6 Å². The van der Waals surface area contributed by atoms with E-state index in [9.17, 15) is 13.2 Å². The van der Waals surface area contributed by atoms with Crippen molar-refractivity contribution in [3.05, 3.63) is 23.2 Å². The molecule has 1 heterocycles. The summed E-state index contributed by atoms with van der Waals surface area (Å²) in [6.45, 7) is 0.425. The highest BCUT2D eigenvalue weighted by molar-refractivity contribution is 7.91. The maximum Gasteiger partial charge on any atom is 0.225 e. The van der Waals surface area contributed by atoms with Gasteiger partial charge in [0.05, 0.1) is 24.3 Å². The first-order valence-corrected chi connectivity index (χ1v) is 9.17. The fourth-order valence-corrected chi connectivity index (χ4v) is 4.22. The van der Waals surface area contributed by atoms with Gasteiger partial charge in [-0.15, -0.1) is 0 Å². The van der Waals surface area contributed by atoms with Gasteiger partial charge >= 0.3 is 0 Å². The molecule has 2 N–H and O–H groups in total. The van der Waals surface area contributed by atoms with Crippen molar-refractivity contribution in [1.82, 2.24) is 5.32 Å². The summed E-state index contributed by atoms with van der Waals surface area (Å²) in [6, 6.07) is 4.92. The summed E-state index contributed by atoms with van der Waals surface area (Å²) in [6.07, 6.45) is 0.846. The highest BCUT2D eigenvalue weighted by atomic mass is 35.5. The summed E-state index contributed by atoms with van der Waals surface area (Å²) < 4.78 is 27.8. The third kappa shape index (κ3) is 4.86. The first kappa shape index (κ1) is 17.1. The number of hydrogen-bond donors (Lipinski definition) is 2. The van der Waals surface area contributed by atoms with Crippen LogP contribution in [0.25, 0.3) is 0 Å². The Hall–Kier alpha value is -1.31. The number of nitrogens with one attached hydrogen (secondary N) is 2. The molecule has 1 amide bonds. The number of benzene rings is 1. The molecule has 8 heteroatoms. The van der Waals surface area contributed by atoms with Gasteiger partial charge in [-0.05, 0) is 24.6 Å². The minimum Gasteiger partial charge on any atom is -0.495 e. The van der Waals surface area contributed by atoms with E-state index in [0.29, 0.717) is 29.4 Å². The molecule has 1 unspecified atom stereocenters. The molecule has 0 aliphatic carbocycles. The quantitative estimate of drug-likeness (QED) is 0.814. The van der Waals surface area contributed by atoms with Crippen LogP contribution in [0.1, 0.15) is 12.8 Å². The lowest BCUT2D eigenvalue weighted by molar-refractivity contribution is -0.116. The number of anilines is 1. The molecule has 1 atom stereocenters. The van der Waals surface area contributed by atoms with Crippen LogP contribution < -0.4 is 15.4 Å². The molecule has 122 valence electrons. The Morgan fingerprint density at radius 1 is 1.45 bits per heavy atom. The van der Waals surface area contributed by atoms with E-state index >= 15 is 0 Å². The highest BCUT2D eigenvalue weighted by Crippen LogP contribution is 2.27. The van der Waals surface area contributed by atoms with Crippen LogP contribution in [0.3, 0.4) is 0 Å². The van der Waals surface area contributed by atoms with Gasteiger partial charge in [0.1, 0.15) is 5.75 Å². The lowest BCUT2D eigenvalue weighted by atomic mass is 10.2. The molecule has 1 fully saturated rings. The van der Waals surface area contributed by atoms with E-state index in [1.807, 2.05) is 0 Å².